The van der Waals surface area contributed by atoms with Crippen molar-refractivity contribution in [3.63, 3.8) is 0 Å². The second kappa shape index (κ2) is 6.56. The molecule has 1 atom stereocenters. The smallest absolute Gasteiger partial charge is 0.240 e. The molecular weight excluding hydrogens is 174 g/mol. The number of rotatable bonds is 6. The van der Waals surface area contributed by atoms with Gasteiger partial charge in [-0.3, -0.25) is 4.84 Å². The first kappa shape index (κ1) is 12.1. The molecule has 12 heavy (non-hydrogen) atoms. The minimum atomic E-state index is -0.391. The standard InChI is InChI=1S/C7H19NO3Si/c1-5-6(12)8(11-4)7(9-2)10-3/h6-7H,5H2,1-4,12H3. The topological polar surface area (TPSA) is 30.9 Å². The quantitative estimate of drug-likeness (QED) is 0.324. The van der Waals surface area contributed by atoms with Gasteiger partial charge in [0.2, 0.25) is 6.41 Å². The second-order valence-electron chi connectivity index (χ2n) is 2.58. The number of nitrogens with zero attached hydrogens (tertiary/aromatic N) is 1. The fourth-order valence-corrected chi connectivity index (χ4v) is 1.41. The van der Waals surface area contributed by atoms with E-state index < -0.39 is 6.41 Å². The van der Waals surface area contributed by atoms with Crippen molar-refractivity contribution >= 4 is 10.2 Å². The summed E-state index contributed by atoms with van der Waals surface area (Å²) in [5.74, 6) is 0. The summed E-state index contributed by atoms with van der Waals surface area (Å²) < 4.78 is 10.2. The zero-order valence-electron chi connectivity index (χ0n) is 8.53. The number of hydroxylamine groups is 2. The second-order valence-corrected chi connectivity index (χ2v) is 3.91. The molecule has 0 radical (unpaired) electrons. The first-order chi connectivity index (χ1) is 5.71. The zero-order valence-corrected chi connectivity index (χ0v) is 10.5. The SMILES string of the molecule is CCC([SiH3])N(OC)C(OC)OC. The van der Waals surface area contributed by atoms with Crippen molar-refractivity contribution < 1.29 is 14.3 Å². The number of hydrogen-bond acceptors (Lipinski definition) is 4. The number of ether oxygens (including phenoxy) is 2. The molecule has 0 bridgehead atoms. The lowest BCUT2D eigenvalue weighted by atomic mass is 10.5. The molecular formula is C7H19NO3Si. The van der Waals surface area contributed by atoms with Gasteiger partial charge in [-0.15, -0.1) is 5.06 Å². The van der Waals surface area contributed by atoms with Gasteiger partial charge in [-0.05, 0) is 6.42 Å². The van der Waals surface area contributed by atoms with Crippen molar-refractivity contribution in [3.8, 4) is 0 Å². The average molecular weight is 193 g/mol. The van der Waals surface area contributed by atoms with E-state index in [0.717, 1.165) is 16.7 Å². The molecule has 0 aliphatic carbocycles. The van der Waals surface area contributed by atoms with Crippen molar-refractivity contribution in [3.05, 3.63) is 0 Å². The molecule has 0 aromatic carbocycles. The summed E-state index contributed by atoms with van der Waals surface area (Å²) in [4.78, 5) is 5.16. The van der Waals surface area contributed by atoms with Crippen LogP contribution < -0.4 is 0 Å². The van der Waals surface area contributed by atoms with Crippen LogP contribution in [0.4, 0.5) is 0 Å². The minimum absolute atomic E-state index is 0.391. The summed E-state index contributed by atoms with van der Waals surface area (Å²) >= 11 is 0. The molecule has 1 unspecified atom stereocenters. The molecule has 0 saturated carbocycles. The molecule has 0 aliphatic rings. The van der Waals surface area contributed by atoms with E-state index in [0.29, 0.717) is 5.67 Å². The molecule has 0 N–H and O–H groups in total. The van der Waals surface area contributed by atoms with Gasteiger partial charge < -0.3 is 9.47 Å². The highest BCUT2D eigenvalue weighted by Crippen LogP contribution is 2.07. The lowest BCUT2D eigenvalue weighted by Crippen LogP contribution is -2.44. The third-order valence-electron chi connectivity index (χ3n) is 1.85. The Labute approximate surface area is 77.2 Å². The number of hydrogen-bond donors (Lipinski definition) is 0. The van der Waals surface area contributed by atoms with Crippen LogP contribution in [0.5, 0.6) is 0 Å². The Kier molecular flexibility index (Phi) is 6.59. The van der Waals surface area contributed by atoms with Gasteiger partial charge in [0.1, 0.15) is 0 Å². The molecule has 0 saturated heterocycles. The van der Waals surface area contributed by atoms with Gasteiger partial charge in [-0.25, -0.2) is 0 Å². The minimum Gasteiger partial charge on any atom is -0.342 e. The normalized spacial score (nSPS) is 14.5. The first-order valence-electron chi connectivity index (χ1n) is 4.09. The van der Waals surface area contributed by atoms with E-state index in [-0.39, 0.29) is 0 Å². The van der Waals surface area contributed by atoms with Crippen molar-refractivity contribution in [1.29, 1.82) is 0 Å². The first-order valence-corrected chi connectivity index (χ1v) is 5.24. The fourth-order valence-electron chi connectivity index (χ4n) is 0.958. The monoisotopic (exact) mass is 193 g/mol. The fraction of sp³-hybridized carbons (Fsp3) is 1.00. The summed E-state index contributed by atoms with van der Waals surface area (Å²) in [5.41, 5.74) is 0.417. The van der Waals surface area contributed by atoms with Crippen molar-refractivity contribution in [1.82, 2.24) is 5.06 Å². The maximum absolute atomic E-state index is 5.16. The average Bonchev–Trinajstić information content (AvgIpc) is 2.12. The lowest BCUT2D eigenvalue weighted by Gasteiger charge is -2.31. The van der Waals surface area contributed by atoms with Gasteiger partial charge in [0.25, 0.3) is 0 Å². The summed E-state index contributed by atoms with van der Waals surface area (Å²) in [6.45, 7) is 2.12. The molecule has 0 aliphatic heterocycles. The van der Waals surface area contributed by atoms with Crippen LogP contribution in [0.2, 0.25) is 0 Å². The van der Waals surface area contributed by atoms with E-state index in [1.54, 1.807) is 26.4 Å². The summed E-state index contributed by atoms with van der Waals surface area (Å²) in [5, 5.41) is 1.74. The molecule has 4 nitrogen and oxygen atoms in total. The Morgan fingerprint density at radius 2 is 1.75 bits per heavy atom. The zero-order chi connectivity index (χ0) is 9.56. The van der Waals surface area contributed by atoms with Gasteiger partial charge in [-0.2, -0.15) is 0 Å². The molecule has 0 spiro atoms. The Hall–Kier alpha value is 0.0569. The van der Waals surface area contributed by atoms with E-state index in [1.165, 1.54) is 0 Å². The molecule has 74 valence electrons. The van der Waals surface area contributed by atoms with Crippen LogP contribution in [0.3, 0.4) is 0 Å². The number of methoxy groups -OCH3 is 2. The third kappa shape index (κ3) is 3.20. The highest BCUT2D eigenvalue weighted by molar-refractivity contribution is 6.11. The molecule has 0 rings (SSSR count). The molecule has 0 aromatic heterocycles. The molecule has 5 heteroatoms. The maximum atomic E-state index is 5.16. The van der Waals surface area contributed by atoms with E-state index in [2.05, 4.69) is 6.92 Å². The molecule has 0 amide bonds. The van der Waals surface area contributed by atoms with E-state index in [4.69, 9.17) is 14.3 Å². The Morgan fingerprint density at radius 1 is 1.25 bits per heavy atom. The highest BCUT2D eigenvalue weighted by atomic mass is 28.1. The van der Waals surface area contributed by atoms with E-state index >= 15 is 0 Å². The lowest BCUT2D eigenvalue weighted by molar-refractivity contribution is -0.320. The van der Waals surface area contributed by atoms with Crippen LogP contribution in [0, 0.1) is 0 Å². The maximum Gasteiger partial charge on any atom is 0.240 e. The Bertz CT molecular complexity index is 111. The van der Waals surface area contributed by atoms with Gasteiger partial charge in [0.15, 0.2) is 0 Å². The van der Waals surface area contributed by atoms with Gasteiger partial charge in [-0.1, -0.05) is 6.92 Å². The third-order valence-corrected chi connectivity index (χ3v) is 3.17. The van der Waals surface area contributed by atoms with Crippen molar-refractivity contribution in [2.75, 3.05) is 21.3 Å². The van der Waals surface area contributed by atoms with Crippen LogP contribution >= 0.6 is 0 Å². The van der Waals surface area contributed by atoms with Crippen molar-refractivity contribution in [2.24, 2.45) is 0 Å². The predicted molar refractivity (Wildman–Crippen MR) is 50.7 cm³/mol. The van der Waals surface area contributed by atoms with Crippen LogP contribution in [-0.2, 0) is 14.3 Å². The van der Waals surface area contributed by atoms with E-state index in [9.17, 15) is 0 Å². The summed E-state index contributed by atoms with van der Waals surface area (Å²) in [7, 11) is 5.86. The van der Waals surface area contributed by atoms with Gasteiger partial charge in [0.05, 0.1) is 7.11 Å². The van der Waals surface area contributed by atoms with Crippen LogP contribution in [0.1, 0.15) is 13.3 Å². The summed E-state index contributed by atoms with van der Waals surface area (Å²) in [6.07, 6.45) is 0.654. The summed E-state index contributed by atoms with van der Waals surface area (Å²) in [6, 6.07) is 0. The Balaban J connectivity index is 4.09. The van der Waals surface area contributed by atoms with Gasteiger partial charge in [0, 0.05) is 30.1 Å². The predicted octanol–water partition coefficient (Wildman–Crippen LogP) is -0.472. The molecule has 0 fully saturated rings. The van der Waals surface area contributed by atoms with Crippen LogP contribution in [0.25, 0.3) is 0 Å². The van der Waals surface area contributed by atoms with Crippen LogP contribution in [-0.4, -0.2) is 48.7 Å². The van der Waals surface area contributed by atoms with Crippen molar-refractivity contribution in [2.45, 2.75) is 25.4 Å². The largest absolute Gasteiger partial charge is 0.342 e. The Morgan fingerprint density at radius 3 is 2.00 bits per heavy atom. The van der Waals surface area contributed by atoms with E-state index in [1.807, 2.05) is 0 Å². The molecule has 0 heterocycles. The van der Waals surface area contributed by atoms with Gasteiger partial charge >= 0.3 is 0 Å². The molecule has 0 aromatic rings. The highest BCUT2D eigenvalue weighted by Gasteiger charge is 2.21. The van der Waals surface area contributed by atoms with Crippen LogP contribution in [0.15, 0.2) is 0 Å².